The van der Waals surface area contributed by atoms with Gasteiger partial charge in [0.15, 0.2) is 0 Å². The van der Waals surface area contributed by atoms with Gasteiger partial charge in [0.2, 0.25) is 0 Å². The van der Waals surface area contributed by atoms with Crippen molar-refractivity contribution in [2.75, 3.05) is 19.7 Å². The van der Waals surface area contributed by atoms with Crippen molar-refractivity contribution in [3.63, 3.8) is 0 Å². The first kappa shape index (κ1) is 29.1. The maximum Gasteiger partial charge on any atom is 0.407 e. The number of carboxylic acid groups (broad SMARTS) is 1. The average Bonchev–Trinajstić information content (AvgIpc) is 3.53. The fraction of sp³-hybridized carbons (Fsp3) is 0.367. The van der Waals surface area contributed by atoms with E-state index in [1.165, 1.54) is 4.90 Å². The highest BCUT2D eigenvalue weighted by atomic mass is 35.5. The number of aryl methyl sites for hydroxylation is 1. The summed E-state index contributed by atoms with van der Waals surface area (Å²) >= 11 is 6.83. The number of ether oxygens (including phenoxy) is 2. The lowest BCUT2D eigenvalue weighted by Crippen LogP contribution is -2.50. The fourth-order valence-electron chi connectivity index (χ4n) is 5.06. The number of aromatic nitrogens is 6. The third-order valence-electron chi connectivity index (χ3n) is 7.57. The van der Waals surface area contributed by atoms with Crippen LogP contribution < -0.4 is 4.74 Å². The number of likely N-dealkylation sites (tertiary alicyclic amines) is 1. The van der Waals surface area contributed by atoms with Crippen molar-refractivity contribution in [1.29, 1.82) is 0 Å². The molecule has 224 valence electrons. The van der Waals surface area contributed by atoms with Crippen LogP contribution in [0.2, 0.25) is 30.7 Å². The zero-order valence-corrected chi connectivity index (χ0v) is 26.4. The molecule has 0 spiro atoms. The van der Waals surface area contributed by atoms with E-state index in [0.29, 0.717) is 59.6 Å². The summed E-state index contributed by atoms with van der Waals surface area (Å²) in [5, 5.41) is 13.9. The quantitative estimate of drug-likeness (QED) is 0.139. The maximum atomic E-state index is 11.0. The van der Waals surface area contributed by atoms with E-state index in [4.69, 9.17) is 31.2 Å². The Bertz CT molecular complexity index is 1810. The van der Waals surface area contributed by atoms with E-state index < -0.39 is 14.2 Å². The molecule has 3 aromatic heterocycles. The molecule has 0 aliphatic carbocycles. The van der Waals surface area contributed by atoms with Gasteiger partial charge in [-0.2, -0.15) is 5.10 Å². The zero-order valence-electron chi connectivity index (χ0n) is 24.6. The van der Waals surface area contributed by atoms with Gasteiger partial charge in [-0.25, -0.2) is 14.8 Å². The second-order valence-corrected chi connectivity index (χ2v) is 18.2. The monoisotopic (exact) mass is 619 g/mol. The van der Waals surface area contributed by atoms with Gasteiger partial charge in [-0.05, 0) is 37.2 Å². The Morgan fingerprint density at radius 3 is 2.67 bits per heavy atom. The molecule has 1 fully saturated rings. The number of hydrogen-bond donors (Lipinski definition) is 1. The number of benzene rings is 2. The molecule has 11 nitrogen and oxygen atoms in total. The molecule has 0 radical (unpaired) electrons. The molecule has 4 heterocycles. The minimum Gasteiger partial charge on any atom is -0.465 e. The number of fused-ring (bicyclic) bond motifs is 2. The molecule has 1 saturated heterocycles. The van der Waals surface area contributed by atoms with Crippen LogP contribution >= 0.6 is 11.6 Å². The Balaban J connectivity index is 1.19. The standard InChI is InChI=1S/C30H34ClN7O4Si/c1-19-34-23-6-5-22(11-26(23)38(19)18-41-9-10-43(2,3)4)42-27-8-7-24-29(28(27)31)35-25(13-32-24)21-12-33-37(17-21)16-20-14-36(15-20)30(39)40/h5-8,11-13,17,20H,9-10,14-16,18H2,1-4H3,(H,39,40). The van der Waals surface area contributed by atoms with Crippen LogP contribution in [0.1, 0.15) is 5.82 Å². The van der Waals surface area contributed by atoms with Crippen LogP contribution in [0.4, 0.5) is 4.79 Å². The summed E-state index contributed by atoms with van der Waals surface area (Å²) in [7, 11) is -1.17. The molecule has 1 aliphatic heterocycles. The SMILES string of the molecule is Cc1nc2ccc(Oc3ccc4ncc(-c5cnn(CC6CN(C(=O)O)C6)c5)nc4c3Cl)cc2n1COCC[Si](C)(C)C. The van der Waals surface area contributed by atoms with Crippen LogP contribution in [0.25, 0.3) is 33.3 Å². The van der Waals surface area contributed by atoms with E-state index in [1.54, 1.807) is 18.5 Å². The number of amides is 1. The van der Waals surface area contributed by atoms with E-state index in [2.05, 4.69) is 39.3 Å². The lowest BCUT2D eigenvalue weighted by atomic mass is 10.0. The highest BCUT2D eigenvalue weighted by molar-refractivity contribution is 6.76. The molecule has 6 rings (SSSR count). The minimum atomic E-state index is -1.17. The number of imidazole rings is 1. The van der Waals surface area contributed by atoms with Crippen LogP contribution in [0.15, 0.2) is 48.9 Å². The first-order valence-corrected chi connectivity index (χ1v) is 18.3. The van der Waals surface area contributed by atoms with Gasteiger partial charge in [-0.1, -0.05) is 31.2 Å². The Morgan fingerprint density at radius 2 is 1.91 bits per heavy atom. The van der Waals surface area contributed by atoms with Crippen molar-refractivity contribution >= 4 is 47.8 Å². The first-order chi connectivity index (χ1) is 20.5. The smallest absolute Gasteiger partial charge is 0.407 e. The van der Waals surface area contributed by atoms with E-state index in [1.807, 2.05) is 42.1 Å². The molecule has 13 heteroatoms. The number of carbonyl (C=O) groups is 1. The van der Waals surface area contributed by atoms with Crippen LogP contribution in [0.5, 0.6) is 11.5 Å². The molecule has 1 aliphatic rings. The Labute approximate surface area is 255 Å². The molecule has 0 saturated carbocycles. The summed E-state index contributed by atoms with van der Waals surface area (Å²) in [6, 6.07) is 10.5. The highest BCUT2D eigenvalue weighted by Gasteiger charge is 2.30. The summed E-state index contributed by atoms with van der Waals surface area (Å²) in [5.41, 5.74) is 4.41. The van der Waals surface area contributed by atoms with Crippen molar-refractivity contribution in [2.45, 2.75) is 45.9 Å². The van der Waals surface area contributed by atoms with Gasteiger partial charge < -0.3 is 24.0 Å². The topological polar surface area (TPSA) is 120 Å². The largest absolute Gasteiger partial charge is 0.465 e. The fourth-order valence-corrected chi connectivity index (χ4v) is 6.05. The van der Waals surface area contributed by atoms with E-state index in [9.17, 15) is 4.79 Å². The van der Waals surface area contributed by atoms with Gasteiger partial charge >= 0.3 is 6.09 Å². The van der Waals surface area contributed by atoms with Crippen molar-refractivity contribution in [1.82, 2.24) is 34.2 Å². The normalized spacial score (nSPS) is 14.0. The van der Waals surface area contributed by atoms with Crippen LogP contribution in [-0.4, -0.2) is 73.2 Å². The van der Waals surface area contributed by atoms with Gasteiger partial charge in [0, 0.05) is 58.1 Å². The zero-order chi connectivity index (χ0) is 30.3. The van der Waals surface area contributed by atoms with E-state index in [-0.39, 0.29) is 5.92 Å². The molecular formula is C30H34ClN7O4Si. The molecule has 0 unspecified atom stereocenters. The van der Waals surface area contributed by atoms with Gasteiger partial charge in [0.1, 0.15) is 34.6 Å². The molecule has 5 aromatic rings. The summed E-state index contributed by atoms with van der Waals surface area (Å²) in [4.78, 5) is 26.5. The van der Waals surface area contributed by atoms with Gasteiger partial charge in [0.25, 0.3) is 0 Å². The summed E-state index contributed by atoms with van der Waals surface area (Å²) < 4.78 is 16.1. The molecule has 0 bridgehead atoms. The van der Waals surface area contributed by atoms with Crippen molar-refractivity contribution in [3.05, 3.63) is 59.8 Å². The lowest BCUT2D eigenvalue weighted by Gasteiger charge is -2.36. The summed E-state index contributed by atoms with van der Waals surface area (Å²) in [5.74, 6) is 2.22. The lowest BCUT2D eigenvalue weighted by molar-refractivity contribution is 0.0732. The number of rotatable bonds is 10. The predicted octanol–water partition coefficient (Wildman–Crippen LogP) is 6.52. The Kier molecular flexibility index (Phi) is 7.84. The molecule has 2 aromatic carbocycles. The summed E-state index contributed by atoms with van der Waals surface area (Å²) in [6.07, 6.45) is 4.43. The number of hydrogen-bond acceptors (Lipinski definition) is 7. The highest BCUT2D eigenvalue weighted by Crippen LogP contribution is 2.36. The van der Waals surface area contributed by atoms with Crippen LogP contribution in [0, 0.1) is 12.8 Å². The van der Waals surface area contributed by atoms with Crippen molar-refractivity contribution in [2.24, 2.45) is 5.92 Å². The van der Waals surface area contributed by atoms with E-state index >= 15 is 0 Å². The average molecular weight is 620 g/mol. The third kappa shape index (κ3) is 6.36. The predicted molar refractivity (Wildman–Crippen MR) is 168 cm³/mol. The van der Waals surface area contributed by atoms with Gasteiger partial charge in [0.05, 0.1) is 34.6 Å². The van der Waals surface area contributed by atoms with E-state index in [0.717, 1.165) is 35.1 Å². The second-order valence-electron chi connectivity index (χ2n) is 12.2. The third-order valence-corrected chi connectivity index (χ3v) is 9.64. The van der Waals surface area contributed by atoms with Gasteiger partial charge in [-0.15, -0.1) is 0 Å². The molecular weight excluding hydrogens is 586 g/mol. The maximum absolute atomic E-state index is 11.0. The minimum absolute atomic E-state index is 0.241. The molecule has 0 atom stereocenters. The van der Waals surface area contributed by atoms with Gasteiger partial charge in [-0.3, -0.25) is 9.67 Å². The second kappa shape index (κ2) is 11.6. The number of nitrogens with zero attached hydrogens (tertiary/aromatic N) is 7. The summed E-state index contributed by atoms with van der Waals surface area (Å²) in [6.45, 7) is 11.8. The molecule has 1 amide bonds. The first-order valence-electron chi connectivity index (χ1n) is 14.2. The molecule has 43 heavy (non-hydrogen) atoms. The molecule has 1 N–H and O–H groups in total. The van der Waals surface area contributed by atoms with Crippen LogP contribution in [-0.2, 0) is 18.0 Å². The van der Waals surface area contributed by atoms with Crippen molar-refractivity contribution < 1.29 is 19.4 Å². The van der Waals surface area contributed by atoms with Crippen molar-refractivity contribution in [3.8, 4) is 22.8 Å². The van der Waals surface area contributed by atoms with Crippen LogP contribution in [0.3, 0.4) is 0 Å². The number of halogens is 1. The Morgan fingerprint density at radius 1 is 1.12 bits per heavy atom. The Hall–Kier alpha value is -4.00.